The van der Waals surface area contributed by atoms with Crippen LogP contribution in [0.2, 0.25) is 0 Å². The number of carbonyl (C=O) groups excluding carboxylic acids is 3. The van der Waals surface area contributed by atoms with Crippen molar-refractivity contribution in [1.82, 2.24) is 25.3 Å². The highest BCUT2D eigenvalue weighted by atomic mass is 16.5. The summed E-state index contributed by atoms with van der Waals surface area (Å²) in [5.41, 5.74) is -0.596. The minimum Gasteiger partial charge on any atom is -0.343 e. The second-order valence-electron chi connectivity index (χ2n) is 8.01. The number of hydrogen-bond acceptors (Lipinski definition) is 6. The zero-order valence-electron chi connectivity index (χ0n) is 18.7. The first-order valence-electron chi connectivity index (χ1n) is 10.9. The van der Waals surface area contributed by atoms with Crippen LogP contribution < -0.4 is 5.32 Å². The molecule has 1 saturated carbocycles. The number of likely N-dealkylation sites (N-methyl/N-ethyl adjacent to an activating group) is 2. The highest BCUT2D eigenvalue weighted by Gasteiger charge is 2.38. The molecule has 0 saturated heterocycles. The number of aromatic nitrogens is 2. The van der Waals surface area contributed by atoms with Crippen LogP contribution in [0.25, 0.3) is 0 Å². The van der Waals surface area contributed by atoms with Gasteiger partial charge < -0.3 is 19.6 Å². The Balaban J connectivity index is 1.98. The van der Waals surface area contributed by atoms with Gasteiger partial charge in [-0.15, -0.1) is 0 Å². The summed E-state index contributed by atoms with van der Waals surface area (Å²) in [6, 6.07) is 0. The second-order valence-corrected chi connectivity index (χ2v) is 8.01. The molecule has 0 unspecified atom stereocenters. The molecule has 1 aliphatic carbocycles. The van der Waals surface area contributed by atoms with Gasteiger partial charge >= 0.3 is 0 Å². The molecule has 9 nitrogen and oxygen atoms in total. The van der Waals surface area contributed by atoms with Crippen LogP contribution in [0.1, 0.15) is 77.4 Å². The predicted octanol–water partition coefficient (Wildman–Crippen LogP) is 2.01. The summed E-state index contributed by atoms with van der Waals surface area (Å²) >= 11 is 0. The van der Waals surface area contributed by atoms with Crippen LogP contribution in [0.3, 0.4) is 0 Å². The Morgan fingerprint density at radius 2 is 1.70 bits per heavy atom. The zero-order chi connectivity index (χ0) is 22.1. The summed E-state index contributed by atoms with van der Waals surface area (Å²) in [5.74, 6) is 0.531. The number of rotatable bonds is 9. The first-order chi connectivity index (χ1) is 14.3. The van der Waals surface area contributed by atoms with E-state index in [0.717, 1.165) is 38.5 Å². The van der Waals surface area contributed by atoms with Crippen molar-refractivity contribution in [2.45, 2.75) is 77.7 Å². The highest BCUT2D eigenvalue weighted by Crippen LogP contribution is 2.34. The maximum Gasteiger partial charge on any atom is 0.242 e. The Labute approximate surface area is 178 Å². The van der Waals surface area contributed by atoms with Crippen molar-refractivity contribution in [3.05, 3.63) is 11.7 Å². The molecule has 0 atom stereocenters. The van der Waals surface area contributed by atoms with Gasteiger partial charge in [-0.1, -0.05) is 30.8 Å². The maximum absolute atomic E-state index is 12.4. The summed E-state index contributed by atoms with van der Waals surface area (Å²) in [7, 11) is 1.63. The van der Waals surface area contributed by atoms with E-state index in [1.807, 2.05) is 13.8 Å². The van der Waals surface area contributed by atoms with Crippen molar-refractivity contribution >= 4 is 17.7 Å². The lowest BCUT2D eigenvalue weighted by molar-refractivity contribution is -0.139. The molecule has 3 amide bonds. The molecule has 1 heterocycles. The Kier molecular flexibility index (Phi) is 8.80. The number of nitrogens with one attached hydrogen (secondary N) is 1. The van der Waals surface area contributed by atoms with Crippen molar-refractivity contribution in [2.24, 2.45) is 0 Å². The van der Waals surface area contributed by atoms with E-state index in [-0.39, 0.29) is 30.7 Å². The number of amides is 3. The average molecular weight is 422 g/mol. The Morgan fingerprint density at radius 3 is 2.27 bits per heavy atom. The molecule has 0 spiro atoms. The first-order valence-corrected chi connectivity index (χ1v) is 10.9. The van der Waals surface area contributed by atoms with Gasteiger partial charge in [0.05, 0.1) is 6.54 Å². The molecule has 1 aromatic rings. The average Bonchev–Trinajstić information content (AvgIpc) is 3.07. The molecule has 0 aliphatic heterocycles. The molecular weight excluding hydrogens is 386 g/mol. The normalized spacial score (nSPS) is 15.9. The topological polar surface area (TPSA) is 109 Å². The van der Waals surface area contributed by atoms with E-state index in [1.54, 1.807) is 11.9 Å². The van der Waals surface area contributed by atoms with Crippen LogP contribution >= 0.6 is 0 Å². The van der Waals surface area contributed by atoms with Crippen molar-refractivity contribution in [3.8, 4) is 0 Å². The SMILES string of the molecule is CCN(CC)C(=O)CN(C)C(=O)CCc1nc(C2(NC(C)=O)CCCCCC2)no1. The summed E-state index contributed by atoms with van der Waals surface area (Å²) in [6.45, 7) is 6.63. The molecule has 2 rings (SSSR count). The summed E-state index contributed by atoms with van der Waals surface area (Å²) < 4.78 is 5.39. The van der Waals surface area contributed by atoms with Gasteiger partial charge in [0, 0.05) is 39.9 Å². The monoisotopic (exact) mass is 421 g/mol. The molecule has 30 heavy (non-hydrogen) atoms. The zero-order valence-corrected chi connectivity index (χ0v) is 18.7. The van der Waals surface area contributed by atoms with E-state index >= 15 is 0 Å². The minimum atomic E-state index is -0.596. The Bertz CT molecular complexity index is 721. The Morgan fingerprint density at radius 1 is 1.07 bits per heavy atom. The lowest BCUT2D eigenvalue weighted by Crippen LogP contribution is -2.45. The van der Waals surface area contributed by atoms with E-state index in [4.69, 9.17) is 4.52 Å². The van der Waals surface area contributed by atoms with Crippen molar-refractivity contribution < 1.29 is 18.9 Å². The molecule has 9 heteroatoms. The number of nitrogens with zero attached hydrogens (tertiary/aromatic N) is 4. The van der Waals surface area contributed by atoms with Gasteiger partial charge in [0.25, 0.3) is 0 Å². The number of carbonyl (C=O) groups is 3. The smallest absolute Gasteiger partial charge is 0.242 e. The van der Waals surface area contributed by atoms with E-state index in [0.29, 0.717) is 31.2 Å². The third kappa shape index (κ3) is 6.27. The largest absolute Gasteiger partial charge is 0.343 e. The molecule has 0 bridgehead atoms. The lowest BCUT2D eigenvalue weighted by atomic mass is 9.89. The van der Waals surface area contributed by atoms with E-state index < -0.39 is 5.54 Å². The van der Waals surface area contributed by atoms with E-state index in [1.165, 1.54) is 11.8 Å². The van der Waals surface area contributed by atoms with Crippen molar-refractivity contribution in [3.63, 3.8) is 0 Å². The lowest BCUT2D eigenvalue weighted by Gasteiger charge is -2.30. The Hall–Kier alpha value is -2.45. The summed E-state index contributed by atoms with van der Waals surface area (Å²) in [4.78, 5) is 44.0. The quantitative estimate of drug-likeness (QED) is 0.611. The second kappa shape index (κ2) is 11.1. The molecule has 1 aliphatic rings. The van der Waals surface area contributed by atoms with Gasteiger partial charge in [0.15, 0.2) is 5.82 Å². The van der Waals surface area contributed by atoms with Gasteiger partial charge in [-0.2, -0.15) is 4.98 Å². The first kappa shape index (κ1) is 23.8. The van der Waals surface area contributed by atoms with Crippen LogP contribution in [0.5, 0.6) is 0 Å². The molecule has 0 radical (unpaired) electrons. The van der Waals surface area contributed by atoms with Crippen molar-refractivity contribution in [2.75, 3.05) is 26.7 Å². The summed E-state index contributed by atoms with van der Waals surface area (Å²) in [6.07, 6.45) is 6.27. The highest BCUT2D eigenvalue weighted by molar-refractivity contribution is 5.84. The number of aryl methyl sites for hydroxylation is 1. The maximum atomic E-state index is 12.4. The van der Waals surface area contributed by atoms with Crippen LogP contribution in [0.4, 0.5) is 0 Å². The van der Waals surface area contributed by atoms with Crippen LogP contribution in [0, 0.1) is 0 Å². The van der Waals surface area contributed by atoms with Crippen LogP contribution in [-0.4, -0.2) is 64.3 Å². The fourth-order valence-electron chi connectivity index (χ4n) is 4.00. The van der Waals surface area contributed by atoms with Crippen LogP contribution in [0.15, 0.2) is 4.52 Å². The molecule has 0 aromatic carbocycles. The standard InChI is InChI=1S/C21H35N5O4/c1-5-26(6-2)19(29)15-25(4)18(28)12-11-17-22-20(24-30-17)21(23-16(3)27)13-9-7-8-10-14-21/h5-15H2,1-4H3,(H,23,27). The van der Waals surface area contributed by atoms with Gasteiger partial charge in [0.2, 0.25) is 23.6 Å². The third-order valence-corrected chi connectivity index (χ3v) is 5.74. The fourth-order valence-corrected chi connectivity index (χ4v) is 4.00. The molecule has 1 N–H and O–H groups in total. The molecular formula is C21H35N5O4. The van der Waals surface area contributed by atoms with Gasteiger partial charge in [-0.3, -0.25) is 14.4 Å². The van der Waals surface area contributed by atoms with Crippen molar-refractivity contribution in [1.29, 1.82) is 0 Å². The van der Waals surface area contributed by atoms with E-state index in [9.17, 15) is 14.4 Å². The minimum absolute atomic E-state index is 0.0568. The van der Waals surface area contributed by atoms with Gasteiger partial charge in [-0.25, -0.2) is 0 Å². The van der Waals surface area contributed by atoms with E-state index in [2.05, 4.69) is 15.5 Å². The molecule has 168 valence electrons. The summed E-state index contributed by atoms with van der Waals surface area (Å²) in [5, 5.41) is 7.19. The fraction of sp³-hybridized carbons (Fsp3) is 0.762. The van der Waals surface area contributed by atoms with Gasteiger partial charge in [0.1, 0.15) is 5.54 Å². The molecule has 1 aromatic heterocycles. The third-order valence-electron chi connectivity index (χ3n) is 5.74. The van der Waals surface area contributed by atoms with Gasteiger partial charge in [-0.05, 0) is 26.7 Å². The van der Waals surface area contributed by atoms with Crippen LogP contribution in [-0.2, 0) is 26.3 Å². The predicted molar refractivity (Wildman–Crippen MR) is 111 cm³/mol. The number of hydrogen-bond donors (Lipinski definition) is 1. The molecule has 1 fully saturated rings.